The fourth-order valence-electron chi connectivity index (χ4n) is 0.803. The number of halogens is 1. The summed E-state index contributed by atoms with van der Waals surface area (Å²) in [6.45, 7) is 5.27. The Bertz CT molecular complexity index is 341. The van der Waals surface area contributed by atoms with Gasteiger partial charge in [-0.25, -0.2) is 0 Å². The number of rotatable bonds is 4. The zero-order valence-corrected chi connectivity index (χ0v) is 8.67. The van der Waals surface area contributed by atoms with Crippen molar-refractivity contribution in [2.45, 2.75) is 6.92 Å². The minimum atomic E-state index is -0.0565. The van der Waals surface area contributed by atoms with Crippen LogP contribution in [-0.2, 0) is 4.79 Å². The first-order valence-corrected chi connectivity index (χ1v) is 4.54. The Labute approximate surface area is 88.1 Å². The molecule has 1 aromatic carbocycles. The summed E-state index contributed by atoms with van der Waals surface area (Å²) in [6.07, 6.45) is 0. The lowest BCUT2D eigenvalue weighted by atomic mass is 10.2. The number of carbonyl (C=O) groups is 1. The van der Waals surface area contributed by atoms with Crippen molar-refractivity contribution in [3.8, 4) is 5.75 Å². The van der Waals surface area contributed by atoms with Crippen molar-refractivity contribution >= 4 is 17.4 Å². The van der Waals surface area contributed by atoms with Gasteiger partial charge in [-0.05, 0) is 31.2 Å². The first-order valence-electron chi connectivity index (χ1n) is 4.16. The van der Waals surface area contributed by atoms with Gasteiger partial charge in [-0.1, -0.05) is 18.2 Å². The van der Waals surface area contributed by atoms with Crippen molar-refractivity contribution in [2.75, 3.05) is 6.61 Å². The van der Waals surface area contributed by atoms with E-state index in [1.807, 2.05) is 0 Å². The Morgan fingerprint density at radius 2 is 2.00 bits per heavy atom. The van der Waals surface area contributed by atoms with Gasteiger partial charge in [0.1, 0.15) is 12.4 Å². The van der Waals surface area contributed by atoms with Gasteiger partial charge >= 0.3 is 0 Å². The van der Waals surface area contributed by atoms with E-state index in [1.54, 1.807) is 24.3 Å². The normalized spacial score (nSPS) is 9.57. The van der Waals surface area contributed by atoms with Crippen LogP contribution in [0, 0.1) is 0 Å². The average Bonchev–Trinajstić information content (AvgIpc) is 2.16. The summed E-state index contributed by atoms with van der Waals surface area (Å²) in [5.41, 5.74) is 0.458. The van der Waals surface area contributed by atoms with Crippen LogP contribution in [0.15, 0.2) is 36.4 Å². The summed E-state index contributed by atoms with van der Waals surface area (Å²) in [5, 5.41) is 0.655. The van der Waals surface area contributed by atoms with Crippen LogP contribution in [0.1, 0.15) is 6.92 Å². The van der Waals surface area contributed by atoms with Crippen LogP contribution in [0.3, 0.4) is 0 Å². The van der Waals surface area contributed by atoms with Crippen molar-refractivity contribution < 1.29 is 9.53 Å². The van der Waals surface area contributed by atoms with Crippen molar-refractivity contribution in [2.24, 2.45) is 0 Å². The van der Waals surface area contributed by atoms with E-state index >= 15 is 0 Å². The number of ether oxygens (including phenoxy) is 1. The number of ketones is 1. The third-order valence-corrected chi connectivity index (χ3v) is 1.98. The second-order valence-electron chi connectivity index (χ2n) is 2.90. The van der Waals surface area contributed by atoms with Crippen molar-refractivity contribution in [3.63, 3.8) is 0 Å². The Morgan fingerprint density at radius 3 is 2.50 bits per heavy atom. The van der Waals surface area contributed by atoms with Crippen LogP contribution >= 0.6 is 11.6 Å². The molecular weight excluding hydrogens is 200 g/mol. The van der Waals surface area contributed by atoms with E-state index in [0.717, 1.165) is 0 Å². The van der Waals surface area contributed by atoms with Crippen LogP contribution in [0.5, 0.6) is 5.75 Å². The van der Waals surface area contributed by atoms with E-state index in [9.17, 15) is 4.79 Å². The molecule has 3 heteroatoms. The number of benzene rings is 1. The van der Waals surface area contributed by atoms with E-state index in [4.69, 9.17) is 16.3 Å². The lowest BCUT2D eigenvalue weighted by Gasteiger charge is -2.05. The van der Waals surface area contributed by atoms with E-state index < -0.39 is 0 Å². The van der Waals surface area contributed by atoms with Gasteiger partial charge in [-0.2, -0.15) is 0 Å². The predicted molar refractivity (Wildman–Crippen MR) is 56.8 cm³/mol. The number of hydrogen-bond acceptors (Lipinski definition) is 2. The summed E-state index contributed by atoms with van der Waals surface area (Å²) in [5.74, 6) is 0.621. The average molecular weight is 211 g/mol. The topological polar surface area (TPSA) is 26.3 Å². The third-order valence-electron chi connectivity index (χ3n) is 1.72. The van der Waals surface area contributed by atoms with Crippen molar-refractivity contribution in [1.82, 2.24) is 0 Å². The highest BCUT2D eigenvalue weighted by Gasteiger charge is 2.01. The van der Waals surface area contributed by atoms with Gasteiger partial charge in [0, 0.05) is 10.6 Å². The molecule has 0 aliphatic carbocycles. The van der Waals surface area contributed by atoms with Gasteiger partial charge < -0.3 is 4.74 Å². The van der Waals surface area contributed by atoms with E-state index in [2.05, 4.69) is 6.58 Å². The van der Waals surface area contributed by atoms with Crippen LogP contribution in [0.25, 0.3) is 0 Å². The van der Waals surface area contributed by atoms with Crippen LogP contribution < -0.4 is 4.74 Å². The van der Waals surface area contributed by atoms with E-state index in [-0.39, 0.29) is 12.4 Å². The third kappa shape index (κ3) is 3.23. The van der Waals surface area contributed by atoms with Crippen LogP contribution in [0.4, 0.5) is 0 Å². The zero-order chi connectivity index (χ0) is 10.6. The SMILES string of the molecule is C=C(COc1ccc(Cl)cc1)C(C)=O. The molecule has 1 aromatic rings. The molecule has 0 N–H and O–H groups in total. The first-order chi connectivity index (χ1) is 6.59. The van der Waals surface area contributed by atoms with Gasteiger partial charge in [0.25, 0.3) is 0 Å². The molecule has 1 rings (SSSR count). The van der Waals surface area contributed by atoms with Gasteiger partial charge in [-0.3, -0.25) is 4.79 Å². The van der Waals surface area contributed by atoms with E-state index in [1.165, 1.54) is 6.92 Å². The molecule has 0 amide bonds. The highest BCUT2D eigenvalue weighted by Crippen LogP contribution is 2.15. The number of hydrogen-bond donors (Lipinski definition) is 0. The monoisotopic (exact) mass is 210 g/mol. The van der Waals surface area contributed by atoms with Gasteiger partial charge in [-0.15, -0.1) is 0 Å². The second kappa shape index (κ2) is 4.82. The molecule has 0 spiro atoms. The maximum Gasteiger partial charge on any atom is 0.158 e. The number of carbonyl (C=O) groups excluding carboxylic acids is 1. The summed E-state index contributed by atoms with van der Waals surface area (Å²) in [6, 6.07) is 6.95. The van der Waals surface area contributed by atoms with Crippen molar-refractivity contribution in [1.29, 1.82) is 0 Å². The largest absolute Gasteiger partial charge is 0.489 e. The minimum Gasteiger partial charge on any atom is -0.489 e. The molecule has 0 heterocycles. The highest BCUT2D eigenvalue weighted by molar-refractivity contribution is 6.30. The first kappa shape index (κ1) is 10.8. The van der Waals surface area contributed by atoms with Crippen LogP contribution in [-0.4, -0.2) is 12.4 Å². The maximum absolute atomic E-state index is 10.8. The molecule has 14 heavy (non-hydrogen) atoms. The number of Topliss-reactive ketones (excluding diaryl/α,β-unsaturated/α-hetero) is 1. The van der Waals surface area contributed by atoms with Gasteiger partial charge in [0.05, 0.1) is 0 Å². The molecule has 2 nitrogen and oxygen atoms in total. The molecule has 0 unspecified atom stereocenters. The van der Waals surface area contributed by atoms with Gasteiger partial charge in [0.15, 0.2) is 5.78 Å². The standard InChI is InChI=1S/C11H11ClO2/c1-8(9(2)13)7-14-11-5-3-10(12)4-6-11/h3-6H,1,7H2,2H3. The van der Waals surface area contributed by atoms with Crippen molar-refractivity contribution in [3.05, 3.63) is 41.4 Å². The quantitative estimate of drug-likeness (QED) is 0.715. The molecule has 0 bridgehead atoms. The molecule has 0 aliphatic rings. The highest BCUT2D eigenvalue weighted by atomic mass is 35.5. The Morgan fingerprint density at radius 1 is 1.43 bits per heavy atom. The molecule has 0 radical (unpaired) electrons. The Balaban J connectivity index is 2.50. The maximum atomic E-state index is 10.8. The molecule has 0 saturated heterocycles. The summed E-state index contributed by atoms with van der Waals surface area (Å²) in [4.78, 5) is 10.8. The Hall–Kier alpha value is -1.28. The minimum absolute atomic E-state index is 0.0565. The molecule has 0 atom stereocenters. The zero-order valence-electron chi connectivity index (χ0n) is 7.92. The fourth-order valence-corrected chi connectivity index (χ4v) is 0.929. The second-order valence-corrected chi connectivity index (χ2v) is 3.34. The summed E-state index contributed by atoms with van der Waals surface area (Å²) >= 11 is 5.70. The molecule has 0 fully saturated rings. The fraction of sp³-hybridized carbons (Fsp3) is 0.182. The predicted octanol–water partition coefficient (Wildman–Crippen LogP) is 2.86. The summed E-state index contributed by atoms with van der Waals surface area (Å²) in [7, 11) is 0. The summed E-state index contributed by atoms with van der Waals surface area (Å²) < 4.78 is 5.31. The Kier molecular flexibility index (Phi) is 3.72. The molecule has 0 aromatic heterocycles. The van der Waals surface area contributed by atoms with Gasteiger partial charge in [0.2, 0.25) is 0 Å². The molecule has 0 aliphatic heterocycles. The smallest absolute Gasteiger partial charge is 0.158 e. The van der Waals surface area contributed by atoms with Crippen LogP contribution in [0.2, 0.25) is 5.02 Å². The molecule has 74 valence electrons. The molecule has 0 saturated carbocycles. The lowest BCUT2D eigenvalue weighted by molar-refractivity contribution is -0.113. The lowest BCUT2D eigenvalue weighted by Crippen LogP contribution is -2.06. The van der Waals surface area contributed by atoms with E-state index in [0.29, 0.717) is 16.3 Å². The molecular formula is C11H11ClO2.